The summed E-state index contributed by atoms with van der Waals surface area (Å²) in [6, 6.07) is 14.9. The van der Waals surface area contributed by atoms with Gasteiger partial charge in [-0.05, 0) is 31.0 Å². The van der Waals surface area contributed by atoms with Gasteiger partial charge in [-0.15, -0.1) is 0 Å². The SMILES string of the molecule is O=C(c1ccccc1)N(CCN1CCOCC1)Cc1cnc(S(=O)(=O)Cc2ccccc2F)n1C[C@@H]1CCCO1. The predicted molar refractivity (Wildman–Crippen MR) is 147 cm³/mol. The van der Waals surface area contributed by atoms with E-state index in [1.165, 1.54) is 24.4 Å². The van der Waals surface area contributed by atoms with Crippen molar-refractivity contribution >= 4 is 15.7 Å². The van der Waals surface area contributed by atoms with Crippen molar-refractivity contribution in [2.24, 2.45) is 0 Å². The molecule has 1 atom stereocenters. The Balaban J connectivity index is 1.44. The average Bonchev–Trinajstić information content (AvgIpc) is 3.63. The molecule has 0 radical (unpaired) electrons. The molecule has 9 nitrogen and oxygen atoms in total. The average molecular weight is 571 g/mol. The molecule has 2 saturated heterocycles. The van der Waals surface area contributed by atoms with Crippen LogP contribution in [0.3, 0.4) is 0 Å². The summed E-state index contributed by atoms with van der Waals surface area (Å²) in [5.41, 5.74) is 1.23. The van der Waals surface area contributed by atoms with Crippen molar-refractivity contribution in [3.63, 3.8) is 0 Å². The summed E-state index contributed by atoms with van der Waals surface area (Å²) in [6.07, 6.45) is 3.04. The van der Waals surface area contributed by atoms with Crippen LogP contribution in [0.1, 0.15) is 34.5 Å². The van der Waals surface area contributed by atoms with Gasteiger partial charge in [-0.25, -0.2) is 17.8 Å². The van der Waals surface area contributed by atoms with Crippen molar-refractivity contribution in [1.29, 1.82) is 0 Å². The summed E-state index contributed by atoms with van der Waals surface area (Å²) >= 11 is 0. The first-order chi connectivity index (χ1) is 19.4. The molecule has 1 aromatic heterocycles. The van der Waals surface area contributed by atoms with Gasteiger partial charge < -0.3 is 18.9 Å². The highest BCUT2D eigenvalue weighted by Gasteiger charge is 2.29. The number of imidazole rings is 1. The van der Waals surface area contributed by atoms with Gasteiger partial charge in [-0.1, -0.05) is 36.4 Å². The first-order valence-electron chi connectivity index (χ1n) is 13.7. The van der Waals surface area contributed by atoms with E-state index in [2.05, 4.69) is 9.88 Å². The highest BCUT2D eigenvalue weighted by Crippen LogP contribution is 2.24. The molecule has 40 heavy (non-hydrogen) atoms. The highest BCUT2D eigenvalue weighted by atomic mass is 32.2. The Bertz CT molecular complexity index is 1390. The third-order valence-electron chi connectivity index (χ3n) is 7.34. The second-order valence-corrected chi connectivity index (χ2v) is 12.1. The molecular weight excluding hydrogens is 535 g/mol. The Morgan fingerprint density at radius 2 is 1.80 bits per heavy atom. The van der Waals surface area contributed by atoms with Crippen LogP contribution in [0.4, 0.5) is 4.39 Å². The van der Waals surface area contributed by atoms with E-state index in [1.54, 1.807) is 27.7 Å². The molecule has 0 unspecified atom stereocenters. The second-order valence-electron chi connectivity index (χ2n) is 10.2. The van der Waals surface area contributed by atoms with E-state index in [9.17, 15) is 17.6 Å². The van der Waals surface area contributed by atoms with Gasteiger partial charge in [-0.2, -0.15) is 0 Å². The molecule has 214 valence electrons. The highest BCUT2D eigenvalue weighted by molar-refractivity contribution is 7.90. The van der Waals surface area contributed by atoms with Crippen LogP contribution in [0.2, 0.25) is 0 Å². The van der Waals surface area contributed by atoms with E-state index >= 15 is 0 Å². The number of aromatic nitrogens is 2. The number of morpholine rings is 1. The summed E-state index contributed by atoms with van der Waals surface area (Å²) in [5.74, 6) is -1.23. The van der Waals surface area contributed by atoms with Crippen LogP contribution in [0.15, 0.2) is 66.0 Å². The largest absolute Gasteiger partial charge is 0.379 e. The Morgan fingerprint density at radius 3 is 2.52 bits per heavy atom. The molecule has 0 saturated carbocycles. The Kier molecular flexibility index (Phi) is 9.25. The number of sulfone groups is 1. The fraction of sp³-hybridized carbons (Fsp3) is 0.448. The van der Waals surface area contributed by atoms with E-state index in [0.717, 1.165) is 25.9 Å². The van der Waals surface area contributed by atoms with Gasteiger partial charge >= 0.3 is 0 Å². The molecule has 11 heteroatoms. The van der Waals surface area contributed by atoms with E-state index in [1.807, 2.05) is 18.2 Å². The van der Waals surface area contributed by atoms with Crippen molar-refractivity contribution in [2.45, 2.75) is 42.9 Å². The summed E-state index contributed by atoms with van der Waals surface area (Å²) in [6.45, 7) is 5.10. The third-order valence-corrected chi connectivity index (χ3v) is 8.92. The zero-order chi connectivity index (χ0) is 28.0. The molecule has 3 heterocycles. The first kappa shape index (κ1) is 28.4. The Morgan fingerprint density at radius 1 is 1.05 bits per heavy atom. The molecule has 2 aliphatic heterocycles. The molecule has 2 fully saturated rings. The number of hydrogen-bond acceptors (Lipinski definition) is 7. The number of benzene rings is 2. The van der Waals surface area contributed by atoms with E-state index < -0.39 is 21.4 Å². The zero-order valence-corrected chi connectivity index (χ0v) is 23.3. The van der Waals surface area contributed by atoms with Crippen LogP contribution in [-0.4, -0.2) is 85.8 Å². The van der Waals surface area contributed by atoms with Crippen molar-refractivity contribution in [1.82, 2.24) is 19.4 Å². The number of ether oxygens (including phenoxy) is 2. The van der Waals surface area contributed by atoms with Gasteiger partial charge in [0.2, 0.25) is 15.0 Å². The number of carbonyl (C=O) groups excluding carboxylic acids is 1. The van der Waals surface area contributed by atoms with Gasteiger partial charge in [0.15, 0.2) is 0 Å². The number of halogens is 1. The van der Waals surface area contributed by atoms with Gasteiger partial charge in [0.1, 0.15) is 5.82 Å². The molecule has 0 bridgehead atoms. The van der Waals surface area contributed by atoms with Crippen LogP contribution in [-0.2, 0) is 38.2 Å². The maximum Gasteiger partial charge on any atom is 0.254 e. The van der Waals surface area contributed by atoms with E-state index in [-0.39, 0.29) is 35.8 Å². The van der Waals surface area contributed by atoms with Crippen molar-refractivity contribution in [2.75, 3.05) is 46.0 Å². The van der Waals surface area contributed by atoms with E-state index in [4.69, 9.17) is 9.47 Å². The fourth-order valence-corrected chi connectivity index (χ4v) is 6.65. The monoisotopic (exact) mass is 570 g/mol. The quantitative estimate of drug-likeness (QED) is 0.350. The van der Waals surface area contributed by atoms with E-state index in [0.29, 0.717) is 44.2 Å². The number of amides is 1. The normalized spacial score (nSPS) is 18.2. The number of hydrogen-bond donors (Lipinski definition) is 0. The molecule has 2 aromatic carbocycles. The lowest BCUT2D eigenvalue weighted by Gasteiger charge is -2.30. The summed E-state index contributed by atoms with van der Waals surface area (Å²) in [5, 5.41) is -0.137. The lowest BCUT2D eigenvalue weighted by atomic mass is 10.2. The van der Waals surface area contributed by atoms with Crippen LogP contribution in [0.25, 0.3) is 0 Å². The van der Waals surface area contributed by atoms with Crippen LogP contribution in [0, 0.1) is 5.82 Å². The molecular formula is C29H35FN4O5S. The fourth-order valence-electron chi connectivity index (χ4n) is 5.14. The van der Waals surface area contributed by atoms with Gasteiger partial charge in [-0.3, -0.25) is 9.69 Å². The summed E-state index contributed by atoms with van der Waals surface area (Å²) in [7, 11) is -3.99. The maximum atomic E-state index is 14.4. The molecule has 5 rings (SSSR count). The number of rotatable bonds is 11. The smallest absolute Gasteiger partial charge is 0.254 e. The second kappa shape index (κ2) is 13.0. The Labute approximate surface area is 234 Å². The summed E-state index contributed by atoms with van der Waals surface area (Å²) in [4.78, 5) is 21.9. The standard InChI is InChI=1S/C29H35FN4O5S/c30-27-11-5-4-9-24(27)22-40(36,37)29-31-19-25(34(29)21-26-10-6-16-39-26)20-33(13-12-32-14-17-38-18-15-32)28(35)23-7-2-1-3-8-23/h1-5,7-9,11,19,26H,6,10,12-18,20-22H2/t26-/m0/s1. The topological polar surface area (TPSA) is 94.0 Å². The lowest BCUT2D eigenvalue weighted by molar-refractivity contribution is 0.0318. The Hall–Kier alpha value is -3.12. The van der Waals surface area contributed by atoms with Gasteiger partial charge in [0.05, 0.1) is 50.1 Å². The molecule has 0 N–H and O–H groups in total. The molecule has 3 aromatic rings. The van der Waals surface area contributed by atoms with Crippen molar-refractivity contribution in [3.8, 4) is 0 Å². The minimum Gasteiger partial charge on any atom is -0.379 e. The van der Waals surface area contributed by atoms with Gasteiger partial charge in [0, 0.05) is 43.9 Å². The minimum atomic E-state index is -3.99. The van der Waals surface area contributed by atoms with Crippen molar-refractivity contribution < 1.29 is 27.1 Å². The first-order valence-corrected chi connectivity index (χ1v) is 15.3. The number of nitrogens with zero attached hydrogens (tertiary/aromatic N) is 4. The molecule has 0 aliphatic carbocycles. The maximum absolute atomic E-state index is 14.4. The predicted octanol–water partition coefficient (Wildman–Crippen LogP) is 3.15. The third kappa shape index (κ3) is 6.95. The van der Waals surface area contributed by atoms with Crippen LogP contribution >= 0.6 is 0 Å². The van der Waals surface area contributed by atoms with Crippen molar-refractivity contribution in [3.05, 3.63) is 83.4 Å². The van der Waals surface area contributed by atoms with Crippen LogP contribution in [0.5, 0.6) is 0 Å². The summed E-state index contributed by atoms with van der Waals surface area (Å²) < 4.78 is 54.4. The minimum absolute atomic E-state index is 0.0853. The lowest BCUT2D eigenvalue weighted by Crippen LogP contribution is -2.43. The molecule has 1 amide bonds. The molecule has 0 spiro atoms. The molecule has 2 aliphatic rings. The van der Waals surface area contributed by atoms with Gasteiger partial charge in [0.25, 0.3) is 5.91 Å². The van der Waals surface area contributed by atoms with Crippen LogP contribution < -0.4 is 0 Å². The zero-order valence-electron chi connectivity index (χ0n) is 22.5. The number of carbonyl (C=O) groups is 1.